The summed E-state index contributed by atoms with van der Waals surface area (Å²) in [5.74, 6) is -3.47. The van der Waals surface area contributed by atoms with E-state index in [1.165, 1.54) is 23.1 Å². The van der Waals surface area contributed by atoms with Gasteiger partial charge in [-0.25, -0.2) is 13.8 Å². The lowest BCUT2D eigenvalue weighted by atomic mass is 9.99. The lowest BCUT2D eigenvalue weighted by Crippen LogP contribution is -2.51. The molecule has 1 saturated carbocycles. The van der Waals surface area contributed by atoms with E-state index in [2.05, 4.69) is 21.0 Å². The van der Waals surface area contributed by atoms with Crippen LogP contribution in [0.1, 0.15) is 35.8 Å². The molecule has 2 aromatic heterocycles. The zero-order valence-electron chi connectivity index (χ0n) is 23.2. The number of carbonyl (C=O) groups is 1. The van der Waals surface area contributed by atoms with Gasteiger partial charge in [-0.05, 0) is 37.5 Å². The van der Waals surface area contributed by atoms with Crippen LogP contribution in [0.2, 0.25) is 5.02 Å². The van der Waals surface area contributed by atoms with E-state index in [0.717, 1.165) is 19.4 Å². The molecule has 0 unspecified atom stereocenters. The van der Waals surface area contributed by atoms with Crippen molar-refractivity contribution in [2.45, 2.75) is 49.9 Å². The number of hydrogen-bond donors (Lipinski definition) is 0. The van der Waals surface area contributed by atoms with Gasteiger partial charge in [-0.1, -0.05) is 17.7 Å². The van der Waals surface area contributed by atoms with E-state index in [1.807, 2.05) is 0 Å². The number of nitriles is 1. The second-order valence-corrected chi connectivity index (χ2v) is 10.2. The standard InChI is InChI=1S/C26H22ClF9N6O3/c1-3-44-9-8-41(23(13-37)6-7-23)21(43)16-10-14(4-5-17(16)27)15-11-38-42(12-15)20-18(45-22(28)29)19(39-40(20)2)24(30,25(31,32)33)26(34,35)36/h4-5,10-12,22H,3,6-9H2,1-2H3. The highest BCUT2D eigenvalue weighted by atomic mass is 35.5. The SMILES string of the molecule is CCOCCN(C(=O)c1cc(-c2cnn(-c3c(OC(F)F)c(C(F)(C(F)(F)F)C(F)(F)F)nn3C)c2)ccc1Cl)C1(C#N)CC1. The summed E-state index contributed by atoms with van der Waals surface area (Å²) in [6.45, 7) is -1.66. The summed E-state index contributed by atoms with van der Waals surface area (Å²) in [6.07, 6.45) is -10.5. The molecule has 0 saturated heterocycles. The molecule has 1 amide bonds. The molecule has 0 radical (unpaired) electrons. The van der Waals surface area contributed by atoms with Gasteiger partial charge in [0.2, 0.25) is 0 Å². The molecule has 1 aliphatic rings. The number of nitrogens with zero attached hydrogens (tertiary/aromatic N) is 6. The molecular weight excluding hydrogens is 651 g/mol. The van der Waals surface area contributed by atoms with E-state index in [0.29, 0.717) is 24.1 Å². The van der Waals surface area contributed by atoms with Gasteiger partial charge in [0.25, 0.3) is 5.91 Å². The molecule has 1 fully saturated rings. The molecule has 1 aliphatic carbocycles. The number of rotatable bonds is 11. The van der Waals surface area contributed by atoms with Gasteiger partial charge in [0, 0.05) is 32.0 Å². The number of halogens is 10. The first kappa shape index (κ1) is 33.9. The second-order valence-electron chi connectivity index (χ2n) is 9.82. The Bertz CT molecular complexity index is 1590. The summed E-state index contributed by atoms with van der Waals surface area (Å²) in [7, 11) is 0.768. The minimum Gasteiger partial charge on any atom is -0.429 e. The molecule has 2 heterocycles. The molecule has 0 N–H and O–H groups in total. The third-order valence-corrected chi connectivity index (χ3v) is 7.31. The molecule has 0 bridgehead atoms. The summed E-state index contributed by atoms with van der Waals surface area (Å²) >= 11 is 6.31. The number of alkyl halides is 9. The van der Waals surface area contributed by atoms with Gasteiger partial charge < -0.3 is 14.4 Å². The van der Waals surface area contributed by atoms with Gasteiger partial charge in [-0.15, -0.1) is 0 Å². The average Bonchev–Trinajstić information content (AvgIpc) is 3.47. The van der Waals surface area contributed by atoms with Crippen molar-refractivity contribution < 1.29 is 53.8 Å². The summed E-state index contributed by atoms with van der Waals surface area (Å²) < 4.78 is 132. The van der Waals surface area contributed by atoms with Crippen molar-refractivity contribution >= 4 is 17.5 Å². The molecule has 19 heteroatoms. The van der Waals surface area contributed by atoms with Gasteiger partial charge >= 0.3 is 24.6 Å². The van der Waals surface area contributed by atoms with Gasteiger partial charge in [0.05, 0.1) is 29.5 Å². The van der Waals surface area contributed by atoms with Gasteiger partial charge in [-0.3, -0.25) is 4.79 Å². The number of aromatic nitrogens is 4. The monoisotopic (exact) mass is 672 g/mol. The van der Waals surface area contributed by atoms with Crippen molar-refractivity contribution in [1.29, 1.82) is 5.26 Å². The molecule has 45 heavy (non-hydrogen) atoms. The molecule has 3 aromatic rings. The fourth-order valence-corrected chi connectivity index (χ4v) is 4.77. The van der Waals surface area contributed by atoms with Crippen LogP contribution in [-0.4, -0.2) is 74.6 Å². The summed E-state index contributed by atoms with van der Waals surface area (Å²) in [5, 5.41) is 16.4. The average molecular weight is 673 g/mol. The van der Waals surface area contributed by atoms with E-state index in [-0.39, 0.29) is 39.5 Å². The van der Waals surface area contributed by atoms with E-state index < -0.39 is 53.3 Å². The number of benzene rings is 1. The van der Waals surface area contributed by atoms with E-state index >= 15 is 0 Å². The Balaban J connectivity index is 1.78. The Morgan fingerprint density at radius 3 is 2.33 bits per heavy atom. The topological polar surface area (TPSA) is 98.2 Å². The molecular formula is C26H22ClF9N6O3. The van der Waals surface area contributed by atoms with Crippen molar-refractivity contribution in [2.24, 2.45) is 7.05 Å². The molecule has 1 aromatic carbocycles. The van der Waals surface area contributed by atoms with Crippen LogP contribution >= 0.6 is 11.6 Å². The van der Waals surface area contributed by atoms with Crippen LogP contribution in [0.15, 0.2) is 30.6 Å². The lowest BCUT2D eigenvalue weighted by molar-refractivity contribution is -0.350. The highest BCUT2D eigenvalue weighted by Crippen LogP contribution is 2.56. The fraction of sp³-hybridized carbons (Fsp3) is 0.462. The van der Waals surface area contributed by atoms with Gasteiger partial charge in [0.15, 0.2) is 17.3 Å². The second kappa shape index (κ2) is 12.1. The van der Waals surface area contributed by atoms with Gasteiger partial charge in [0.1, 0.15) is 5.54 Å². The normalized spacial score (nSPS) is 14.8. The Hall–Kier alpha value is -3.98. The van der Waals surface area contributed by atoms with Crippen LogP contribution < -0.4 is 4.74 Å². The lowest BCUT2D eigenvalue weighted by Gasteiger charge is -2.28. The van der Waals surface area contributed by atoms with E-state index in [4.69, 9.17) is 16.3 Å². The minimum absolute atomic E-state index is 0.00576. The van der Waals surface area contributed by atoms with Crippen molar-refractivity contribution in [3.05, 3.63) is 46.9 Å². The number of ether oxygens (including phenoxy) is 2. The highest BCUT2D eigenvalue weighted by Gasteiger charge is 2.76. The maximum absolute atomic E-state index is 14.9. The van der Waals surface area contributed by atoms with Gasteiger partial charge in [-0.2, -0.15) is 50.6 Å². The number of aryl methyl sites for hydroxylation is 1. The largest absolute Gasteiger partial charge is 0.437 e. The van der Waals surface area contributed by atoms with Crippen LogP contribution in [0.25, 0.3) is 16.9 Å². The molecule has 9 nitrogen and oxygen atoms in total. The predicted octanol–water partition coefficient (Wildman–Crippen LogP) is 6.35. The zero-order chi connectivity index (χ0) is 33.5. The molecule has 0 aliphatic heterocycles. The third kappa shape index (κ3) is 6.15. The van der Waals surface area contributed by atoms with Crippen LogP contribution in [-0.2, 0) is 17.5 Å². The van der Waals surface area contributed by atoms with E-state index in [9.17, 15) is 49.6 Å². The Kier molecular flexibility index (Phi) is 9.10. The quantitative estimate of drug-likeness (QED) is 0.174. The Labute approximate surface area is 253 Å². The number of amides is 1. The maximum Gasteiger partial charge on any atom is 0.437 e. The van der Waals surface area contributed by atoms with Crippen LogP contribution in [0.4, 0.5) is 39.5 Å². The molecule has 4 rings (SSSR count). The molecule has 0 spiro atoms. The highest BCUT2D eigenvalue weighted by molar-refractivity contribution is 6.34. The minimum atomic E-state index is -6.67. The Morgan fingerprint density at radius 1 is 1.16 bits per heavy atom. The first-order chi connectivity index (χ1) is 20.9. The van der Waals surface area contributed by atoms with Crippen molar-refractivity contribution in [3.8, 4) is 28.8 Å². The van der Waals surface area contributed by atoms with Crippen molar-refractivity contribution in [2.75, 3.05) is 19.8 Å². The summed E-state index contributed by atoms with van der Waals surface area (Å²) in [5.41, 5.74) is -9.53. The first-order valence-corrected chi connectivity index (χ1v) is 13.3. The van der Waals surface area contributed by atoms with Crippen molar-refractivity contribution in [3.63, 3.8) is 0 Å². The van der Waals surface area contributed by atoms with Crippen LogP contribution in [0.5, 0.6) is 5.75 Å². The van der Waals surface area contributed by atoms with E-state index in [1.54, 1.807) is 6.92 Å². The summed E-state index contributed by atoms with van der Waals surface area (Å²) in [4.78, 5) is 14.9. The van der Waals surface area contributed by atoms with Crippen LogP contribution in [0.3, 0.4) is 0 Å². The maximum atomic E-state index is 14.9. The smallest absolute Gasteiger partial charge is 0.429 e. The van der Waals surface area contributed by atoms with Crippen molar-refractivity contribution in [1.82, 2.24) is 24.5 Å². The predicted molar refractivity (Wildman–Crippen MR) is 137 cm³/mol. The zero-order valence-corrected chi connectivity index (χ0v) is 23.9. The first-order valence-electron chi connectivity index (χ1n) is 12.9. The Morgan fingerprint density at radius 2 is 1.80 bits per heavy atom. The molecule has 244 valence electrons. The van der Waals surface area contributed by atoms with Crippen LogP contribution in [0, 0.1) is 11.3 Å². The summed E-state index contributed by atoms with van der Waals surface area (Å²) in [6, 6.07) is 6.15. The fourth-order valence-electron chi connectivity index (χ4n) is 4.57. The number of carbonyl (C=O) groups excluding carboxylic acids is 1. The molecule has 0 atom stereocenters. The third-order valence-electron chi connectivity index (χ3n) is 6.98. The number of hydrogen-bond acceptors (Lipinski definition) is 6.